The van der Waals surface area contributed by atoms with Crippen molar-refractivity contribution in [3.63, 3.8) is 0 Å². The van der Waals surface area contributed by atoms with Crippen LogP contribution in [0, 0.1) is 0 Å². The minimum absolute atomic E-state index is 0.129. The van der Waals surface area contributed by atoms with Crippen molar-refractivity contribution in [3.05, 3.63) is 33.4 Å². The first kappa shape index (κ1) is 15.9. The number of allylic oxidation sites excluding steroid dienone is 3. The number of aliphatic hydroxyl groups excluding tert-OH is 1. The van der Waals surface area contributed by atoms with Gasteiger partial charge in [0.2, 0.25) is 0 Å². The van der Waals surface area contributed by atoms with Crippen LogP contribution in [-0.2, 0) is 4.79 Å². The smallest absolute Gasteiger partial charge is 0.255 e. The summed E-state index contributed by atoms with van der Waals surface area (Å²) < 4.78 is 0.686. The van der Waals surface area contributed by atoms with Gasteiger partial charge in [0.15, 0.2) is 0 Å². The molecule has 1 N–H and O–H groups in total. The maximum Gasteiger partial charge on any atom is 0.255 e. The van der Waals surface area contributed by atoms with Crippen molar-refractivity contribution in [1.29, 1.82) is 0 Å². The summed E-state index contributed by atoms with van der Waals surface area (Å²) in [5, 5.41) is 9.19. The second-order valence-corrected chi connectivity index (χ2v) is 4.52. The predicted molar refractivity (Wildman–Crippen MR) is 79.2 cm³/mol. The Hall–Kier alpha value is -1.11. The number of aliphatic imine (C=N–C) groups is 1. The first-order chi connectivity index (χ1) is 7.93. The van der Waals surface area contributed by atoms with Crippen LogP contribution in [0.5, 0.6) is 0 Å². The molecule has 0 fully saturated rings. The minimum Gasteiger partial charge on any atom is -0.512 e. The van der Waals surface area contributed by atoms with E-state index in [4.69, 9.17) is 0 Å². The Morgan fingerprint density at radius 3 is 2.59 bits per heavy atom. The summed E-state index contributed by atoms with van der Waals surface area (Å²) in [6.45, 7) is 6.80. The molecular formula is C12H17IN2O2. The number of likely N-dealkylation sites (N-methyl/N-ethyl adjacent to an activating group) is 1. The predicted octanol–water partition coefficient (Wildman–Crippen LogP) is 3.18. The SMILES string of the molecule is C=N/C=C(/CC)C(=O)N(C)/C=C\C(I)=C(/C)O. The third kappa shape index (κ3) is 5.67. The summed E-state index contributed by atoms with van der Waals surface area (Å²) in [6.07, 6.45) is 5.34. The summed E-state index contributed by atoms with van der Waals surface area (Å²) in [6, 6.07) is 0. The Labute approximate surface area is 116 Å². The quantitative estimate of drug-likeness (QED) is 0.273. The number of hydrogen-bond donors (Lipinski definition) is 1. The van der Waals surface area contributed by atoms with Crippen LogP contribution in [-0.4, -0.2) is 29.7 Å². The lowest BCUT2D eigenvalue weighted by Crippen LogP contribution is -2.22. The highest BCUT2D eigenvalue weighted by atomic mass is 127. The van der Waals surface area contributed by atoms with Gasteiger partial charge in [-0.15, -0.1) is 0 Å². The van der Waals surface area contributed by atoms with E-state index < -0.39 is 0 Å². The molecule has 5 heteroatoms. The first-order valence-electron chi connectivity index (χ1n) is 5.09. The Morgan fingerprint density at radius 2 is 2.18 bits per heavy atom. The maximum absolute atomic E-state index is 11.9. The summed E-state index contributed by atoms with van der Waals surface area (Å²) in [4.78, 5) is 16.9. The van der Waals surface area contributed by atoms with Crippen molar-refractivity contribution >= 4 is 35.2 Å². The number of carbonyl (C=O) groups excluding carboxylic acids is 1. The molecule has 4 nitrogen and oxygen atoms in total. The third-order valence-corrected chi connectivity index (χ3v) is 3.15. The van der Waals surface area contributed by atoms with Gasteiger partial charge >= 0.3 is 0 Å². The summed E-state index contributed by atoms with van der Waals surface area (Å²) in [7, 11) is 1.65. The molecule has 0 aromatic rings. The molecule has 1 amide bonds. The van der Waals surface area contributed by atoms with E-state index in [0.29, 0.717) is 15.6 Å². The van der Waals surface area contributed by atoms with Gasteiger partial charge in [0.1, 0.15) is 5.76 Å². The molecular weight excluding hydrogens is 331 g/mol. The van der Waals surface area contributed by atoms with Crippen molar-refractivity contribution in [3.8, 4) is 0 Å². The summed E-state index contributed by atoms with van der Waals surface area (Å²) >= 11 is 1.99. The van der Waals surface area contributed by atoms with Gasteiger partial charge in [0, 0.05) is 25.0 Å². The van der Waals surface area contributed by atoms with Gasteiger partial charge in [-0.25, -0.2) is 0 Å². The van der Waals surface area contributed by atoms with E-state index in [1.807, 2.05) is 29.5 Å². The van der Waals surface area contributed by atoms with Crippen molar-refractivity contribution < 1.29 is 9.90 Å². The number of nitrogens with zero attached hydrogens (tertiary/aromatic N) is 2. The molecule has 0 unspecified atom stereocenters. The van der Waals surface area contributed by atoms with Gasteiger partial charge in [0.05, 0.1) is 3.58 Å². The fourth-order valence-corrected chi connectivity index (χ4v) is 1.16. The van der Waals surface area contributed by atoms with Crippen molar-refractivity contribution in [1.82, 2.24) is 4.90 Å². The molecule has 0 saturated carbocycles. The highest BCUT2D eigenvalue weighted by molar-refractivity contribution is 14.1. The van der Waals surface area contributed by atoms with Crippen LogP contribution in [0.3, 0.4) is 0 Å². The Balaban J connectivity index is 4.79. The van der Waals surface area contributed by atoms with Gasteiger partial charge in [-0.2, -0.15) is 0 Å². The molecule has 0 aromatic carbocycles. The van der Waals surface area contributed by atoms with Crippen molar-refractivity contribution in [2.24, 2.45) is 4.99 Å². The van der Waals surface area contributed by atoms with Gasteiger partial charge < -0.3 is 10.0 Å². The van der Waals surface area contributed by atoms with Gasteiger partial charge in [-0.1, -0.05) is 6.92 Å². The molecule has 0 atom stereocenters. The Kier molecular flexibility index (Phi) is 7.53. The zero-order valence-electron chi connectivity index (χ0n) is 10.3. The van der Waals surface area contributed by atoms with E-state index in [0.717, 1.165) is 0 Å². The van der Waals surface area contributed by atoms with Crippen LogP contribution in [0.4, 0.5) is 0 Å². The molecule has 17 heavy (non-hydrogen) atoms. The van der Waals surface area contributed by atoms with E-state index in [1.54, 1.807) is 26.2 Å². The molecule has 0 spiro atoms. The van der Waals surface area contributed by atoms with Crippen LogP contribution < -0.4 is 0 Å². The fourth-order valence-electron chi connectivity index (χ4n) is 1.000. The third-order valence-electron chi connectivity index (χ3n) is 2.01. The Bertz CT molecular complexity index is 380. The number of rotatable bonds is 5. The van der Waals surface area contributed by atoms with Crippen LogP contribution in [0.25, 0.3) is 0 Å². The zero-order chi connectivity index (χ0) is 13.4. The molecule has 0 radical (unpaired) electrons. The zero-order valence-corrected chi connectivity index (χ0v) is 12.4. The number of halogens is 1. The molecule has 0 saturated heterocycles. The van der Waals surface area contributed by atoms with Crippen molar-refractivity contribution in [2.75, 3.05) is 7.05 Å². The highest BCUT2D eigenvalue weighted by Crippen LogP contribution is 2.13. The van der Waals surface area contributed by atoms with E-state index in [2.05, 4.69) is 11.7 Å². The van der Waals surface area contributed by atoms with E-state index in [-0.39, 0.29) is 11.7 Å². The molecule has 0 aliphatic rings. The van der Waals surface area contributed by atoms with Crippen LogP contribution in [0.2, 0.25) is 0 Å². The van der Waals surface area contributed by atoms with Crippen LogP contribution in [0.1, 0.15) is 20.3 Å². The first-order valence-corrected chi connectivity index (χ1v) is 6.17. The second kappa shape index (κ2) is 8.05. The molecule has 0 aliphatic carbocycles. The van der Waals surface area contributed by atoms with Gasteiger partial charge in [-0.3, -0.25) is 9.79 Å². The monoisotopic (exact) mass is 348 g/mol. The summed E-state index contributed by atoms with van der Waals surface area (Å²) in [5.74, 6) is 0.0951. The largest absolute Gasteiger partial charge is 0.512 e. The highest BCUT2D eigenvalue weighted by Gasteiger charge is 2.10. The van der Waals surface area contributed by atoms with Gasteiger partial charge in [0.25, 0.3) is 5.91 Å². The standard InChI is InChI=1S/C12H17IN2O2/c1-5-10(8-14-3)12(17)15(4)7-6-11(13)9(2)16/h6-8,16H,3,5H2,1-2,4H3/b7-6-,10-8-,11-9-. The topological polar surface area (TPSA) is 52.9 Å². The number of aliphatic hydroxyl groups is 1. The van der Waals surface area contributed by atoms with Crippen LogP contribution >= 0.6 is 22.6 Å². The average Bonchev–Trinajstić information content (AvgIpc) is 2.31. The second-order valence-electron chi connectivity index (χ2n) is 3.36. The van der Waals surface area contributed by atoms with Gasteiger partial charge in [-0.05, 0) is 48.7 Å². The van der Waals surface area contributed by atoms with E-state index in [9.17, 15) is 9.90 Å². The lowest BCUT2D eigenvalue weighted by molar-refractivity contribution is -0.123. The fraction of sp³-hybridized carbons (Fsp3) is 0.333. The number of hydrogen-bond acceptors (Lipinski definition) is 3. The molecule has 0 heterocycles. The molecule has 0 aromatic heterocycles. The lowest BCUT2D eigenvalue weighted by atomic mass is 10.2. The minimum atomic E-state index is -0.129. The van der Waals surface area contributed by atoms with E-state index in [1.165, 1.54) is 11.1 Å². The van der Waals surface area contributed by atoms with Crippen LogP contribution in [0.15, 0.2) is 38.4 Å². The molecule has 0 bridgehead atoms. The number of carbonyl (C=O) groups is 1. The number of amides is 1. The molecule has 0 rings (SSSR count). The van der Waals surface area contributed by atoms with Crippen molar-refractivity contribution in [2.45, 2.75) is 20.3 Å². The summed E-state index contributed by atoms with van der Waals surface area (Å²) in [5.41, 5.74) is 0.590. The molecule has 0 aliphatic heterocycles. The van der Waals surface area contributed by atoms with E-state index >= 15 is 0 Å². The lowest BCUT2D eigenvalue weighted by Gasteiger charge is -2.13. The average molecular weight is 348 g/mol. The normalized spacial score (nSPS) is 13.5. The maximum atomic E-state index is 11.9. The molecule has 94 valence electrons. The Morgan fingerprint density at radius 1 is 1.59 bits per heavy atom.